The van der Waals surface area contributed by atoms with Crippen molar-refractivity contribution in [2.24, 2.45) is 5.92 Å². The molecule has 1 aromatic heterocycles. The van der Waals surface area contributed by atoms with Gasteiger partial charge in [-0.1, -0.05) is 19.9 Å². The van der Waals surface area contributed by atoms with E-state index in [4.69, 9.17) is 14.6 Å². The van der Waals surface area contributed by atoms with Gasteiger partial charge in [-0.25, -0.2) is 19.4 Å². The maximum absolute atomic E-state index is 11.7. The van der Waals surface area contributed by atoms with Crippen LogP contribution in [-0.2, 0) is 20.9 Å². The van der Waals surface area contributed by atoms with E-state index in [0.29, 0.717) is 11.4 Å². The highest BCUT2D eigenvalue weighted by Gasteiger charge is 2.24. The van der Waals surface area contributed by atoms with Crippen molar-refractivity contribution in [2.75, 3.05) is 5.32 Å². The number of anilines is 1. The van der Waals surface area contributed by atoms with E-state index in [0.717, 1.165) is 0 Å². The van der Waals surface area contributed by atoms with Crippen molar-refractivity contribution in [1.29, 1.82) is 0 Å². The molecule has 0 aromatic carbocycles. The number of pyridine rings is 1. The van der Waals surface area contributed by atoms with E-state index in [1.165, 1.54) is 12.3 Å². The smallest absolute Gasteiger partial charge is 0.413 e. The molecule has 0 fully saturated rings. The van der Waals surface area contributed by atoms with Gasteiger partial charge in [-0.15, -0.1) is 0 Å². The normalized spacial score (nSPS) is 12.2. The standard InChI is InChI=1S/C17H25N3O6/c1-10(2)13(14(21)22)20-15(23)25-9-11-6-7-12(18-8-11)19-16(24)26-17(3,4)5/h6-8,10,13H,9H2,1-5H3,(H,20,23)(H,21,22)(H,18,19,24)/t13-/m0/s1. The number of alkyl carbamates (subject to hydrolysis) is 1. The van der Waals surface area contributed by atoms with Gasteiger partial charge >= 0.3 is 18.2 Å². The number of carboxylic acids is 1. The number of nitrogens with one attached hydrogen (secondary N) is 2. The van der Waals surface area contributed by atoms with Crippen LogP contribution in [0.25, 0.3) is 0 Å². The number of aliphatic carboxylic acids is 1. The Morgan fingerprint density at radius 1 is 1.19 bits per heavy atom. The monoisotopic (exact) mass is 367 g/mol. The first-order valence-electron chi connectivity index (χ1n) is 8.09. The van der Waals surface area contributed by atoms with Gasteiger partial charge in [0, 0.05) is 11.8 Å². The van der Waals surface area contributed by atoms with Crippen LogP contribution in [0.15, 0.2) is 18.3 Å². The van der Waals surface area contributed by atoms with Crippen LogP contribution in [0.2, 0.25) is 0 Å². The molecule has 0 saturated heterocycles. The van der Waals surface area contributed by atoms with Gasteiger partial charge in [0.2, 0.25) is 0 Å². The van der Waals surface area contributed by atoms with Crippen molar-refractivity contribution in [1.82, 2.24) is 10.3 Å². The lowest BCUT2D eigenvalue weighted by Crippen LogP contribution is -2.44. The second-order valence-electron chi connectivity index (χ2n) is 6.96. The molecule has 9 heteroatoms. The minimum atomic E-state index is -1.13. The molecular weight excluding hydrogens is 342 g/mol. The summed E-state index contributed by atoms with van der Waals surface area (Å²) in [5.41, 5.74) is -0.0408. The van der Waals surface area contributed by atoms with Crippen LogP contribution in [0.3, 0.4) is 0 Å². The molecule has 0 spiro atoms. The van der Waals surface area contributed by atoms with Gasteiger partial charge in [0.25, 0.3) is 0 Å². The summed E-state index contributed by atoms with van der Waals surface area (Å²) in [6.07, 6.45) is -0.0271. The highest BCUT2D eigenvalue weighted by Crippen LogP contribution is 2.11. The Kier molecular flexibility index (Phi) is 7.36. The fraction of sp³-hybridized carbons (Fsp3) is 0.529. The highest BCUT2D eigenvalue weighted by molar-refractivity contribution is 5.83. The fourth-order valence-electron chi connectivity index (χ4n) is 1.82. The van der Waals surface area contributed by atoms with Gasteiger partial charge in [0.1, 0.15) is 24.1 Å². The number of hydrogen-bond donors (Lipinski definition) is 3. The maximum atomic E-state index is 11.7. The molecule has 9 nitrogen and oxygen atoms in total. The largest absolute Gasteiger partial charge is 0.480 e. The van der Waals surface area contributed by atoms with E-state index < -0.39 is 29.8 Å². The van der Waals surface area contributed by atoms with Crippen LogP contribution in [0.1, 0.15) is 40.2 Å². The van der Waals surface area contributed by atoms with Gasteiger partial charge in [0.05, 0.1) is 0 Å². The lowest BCUT2D eigenvalue weighted by molar-refractivity contribution is -0.140. The molecule has 0 unspecified atom stereocenters. The predicted molar refractivity (Wildman–Crippen MR) is 93.7 cm³/mol. The summed E-state index contributed by atoms with van der Waals surface area (Å²) < 4.78 is 10.1. The molecule has 0 saturated carbocycles. The molecule has 144 valence electrons. The molecule has 1 aromatic rings. The zero-order valence-electron chi connectivity index (χ0n) is 15.5. The van der Waals surface area contributed by atoms with Crippen LogP contribution in [0.5, 0.6) is 0 Å². The number of carbonyl (C=O) groups excluding carboxylic acids is 2. The third-order valence-electron chi connectivity index (χ3n) is 3.03. The number of aromatic nitrogens is 1. The SMILES string of the molecule is CC(C)[C@H](NC(=O)OCc1ccc(NC(=O)OC(C)(C)C)nc1)C(=O)O. The average molecular weight is 367 g/mol. The highest BCUT2D eigenvalue weighted by atomic mass is 16.6. The van der Waals surface area contributed by atoms with E-state index in [2.05, 4.69) is 15.6 Å². The lowest BCUT2D eigenvalue weighted by atomic mass is 10.1. The molecule has 26 heavy (non-hydrogen) atoms. The molecule has 0 aliphatic carbocycles. The number of carboxylic acid groups (broad SMARTS) is 1. The van der Waals surface area contributed by atoms with Gasteiger partial charge in [-0.2, -0.15) is 0 Å². The molecule has 0 aliphatic rings. The van der Waals surface area contributed by atoms with Crippen LogP contribution in [0.4, 0.5) is 15.4 Å². The average Bonchev–Trinajstić information content (AvgIpc) is 2.49. The Bertz CT molecular complexity index is 637. The predicted octanol–water partition coefficient (Wildman–Crippen LogP) is 2.76. The van der Waals surface area contributed by atoms with Gasteiger partial charge in [0.15, 0.2) is 0 Å². The van der Waals surface area contributed by atoms with Gasteiger partial charge in [-0.05, 0) is 32.8 Å². The summed E-state index contributed by atoms with van der Waals surface area (Å²) in [5, 5.41) is 13.8. The van der Waals surface area contributed by atoms with E-state index in [9.17, 15) is 14.4 Å². The fourth-order valence-corrected chi connectivity index (χ4v) is 1.82. The van der Waals surface area contributed by atoms with Crippen molar-refractivity contribution in [3.8, 4) is 0 Å². The van der Waals surface area contributed by atoms with E-state index >= 15 is 0 Å². The van der Waals surface area contributed by atoms with Crippen molar-refractivity contribution < 1.29 is 29.0 Å². The van der Waals surface area contributed by atoms with Crippen LogP contribution < -0.4 is 10.6 Å². The molecule has 1 rings (SSSR count). The quantitative estimate of drug-likeness (QED) is 0.705. The molecule has 0 radical (unpaired) electrons. The van der Waals surface area contributed by atoms with Crippen LogP contribution in [-0.4, -0.2) is 39.9 Å². The van der Waals surface area contributed by atoms with E-state index in [1.54, 1.807) is 40.7 Å². The molecule has 3 N–H and O–H groups in total. The summed E-state index contributed by atoms with van der Waals surface area (Å²) in [6, 6.07) is 2.12. The van der Waals surface area contributed by atoms with E-state index in [1.807, 2.05) is 0 Å². The zero-order valence-corrected chi connectivity index (χ0v) is 15.5. The number of nitrogens with zero attached hydrogens (tertiary/aromatic N) is 1. The van der Waals surface area contributed by atoms with Gasteiger partial charge in [-0.3, -0.25) is 5.32 Å². The van der Waals surface area contributed by atoms with Crippen molar-refractivity contribution in [3.05, 3.63) is 23.9 Å². The van der Waals surface area contributed by atoms with Crippen LogP contribution in [0, 0.1) is 5.92 Å². The molecule has 0 bridgehead atoms. The Balaban J connectivity index is 2.51. The number of carbonyl (C=O) groups is 3. The molecule has 1 atom stereocenters. The van der Waals surface area contributed by atoms with Gasteiger partial charge < -0.3 is 19.9 Å². The molecule has 2 amide bonds. The topological polar surface area (TPSA) is 127 Å². The second kappa shape index (κ2) is 9.02. The third-order valence-corrected chi connectivity index (χ3v) is 3.03. The first-order valence-corrected chi connectivity index (χ1v) is 8.09. The number of amides is 2. The third kappa shape index (κ3) is 7.82. The Hall–Kier alpha value is -2.84. The number of ether oxygens (including phenoxy) is 2. The van der Waals surface area contributed by atoms with Crippen molar-refractivity contribution >= 4 is 24.0 Å². The van der Waals surface area contributed by atoms with Crippen molar-refractivity contribution in [3.63, 3.8) is 0 Å². The molecule has 0 aliphatic heterocycles. The summed E-state index contributed by atoms with van der Waals surface area (Å²) in [4.78, 5) is 38.4. The summed E-state index contributed by atoms with van der Waals surface area (Å²) in [5.74, 6) is -1.12. The number of rotatable bonds is 6. The lowest BCUT2D eigenvalue weighted by Gasteiger charge is -2.19. The zero-order chi connectivity index (χ0) is 19.9. The summed E-state index contributed by atoms with van der Waals surface area (Å²) >= 11 is 0. The molecule has 1 heterocycles. The first-order chi connectivity index (χ1) is 12.0. The second-order valence-corrected chi connectivity index (χ2v) is 6.96. The van der Waals surface area contributed by atoms with Crippen molar-refractivity contribution in [2.45, 2.75) is 52.9 Å². The Morgan fingerprint density at radius 2 is 1.85 bits per heavy atom. The summed E-state index contributed by atoms with van der Waals surface area (Å²) in [7, 11) is 0. The minimum Gasteiger partial charge on any atom is -0.480 e. The Labute approximate surface area is 152 Å². The number of hydrogen-bond acceptors (Lipinski definition) is 6. The Morgan fingerprint density at radius 3 is 2.31 bits per heavy atom. The summed E-state index contributed by atoms with van der Waals surface area (Å²) in [6.45, 7) is 8.52. The first kappa shape index (κ1) is 21.2. The maximum Gasteiger partial charge on any atom is 0.413 e. The molecular formula is C17H25N3O6. The van der Waals surface area contributed by atoms with Crippen LogP contribution >= 0.6 is 0 Å². The minimum absolute atomic E-state index is 0.0873. The van der Waals surface area contributed by atoms with E-state index in [-0.39, 0.29) is 12.5 Å².